The van der Waals surface area contributed by atoms with Crippen molar-refractivity contribution in [2.24, 2.45) is 0 Å². The van der Waals surface area contributed by atoms with Gasteiger partial charge in [0.25, 0.3) is 0 Å². The lowest BCUT2D eigenvalue weighted by Crippen LogP contribution is -2.34. The van der Waals surface area contributed by atoms with E-state index in [9.17, 15) is 9.59 Å². The molecule has 3 rings (SSSR count). The fourth-order valence-electron chi connectivity index (χ4n) is 3.24. The smallest absolute Gasteiger partial charge is 0.336 e. The summed E-state index contributed by atoms with van der Waals surface area (Å²) in [5.74, 6) is -0.695. The van der Waals surface area contributed by atoms with Crippen LogP contribution in [0.5, 0.6) is 0 Å². The second kappa shape index (κ2) is 5.83. The lowest BCUT2D eigenvalue weighted by molar-refractivity contribution is -0.138. The van der Waals surface area contributed by atoms with Crippen molar-refractivity contribution in [3.05, 3.63) is 46.7 Å². The van der Waals surface area contributed by atoms with E-state index in [2.05, 4.69) is 5.32 Å². The van der Waals surface area contributed by atoms with Gasteiger partial charge in [-0.1, -0.05) is 0 Å². The molecule has 0 amide bonds. The third-order valence-electron chi connectivity index (χ3n) is 4.15. The number of rotatable bonds is 3. The molecule has 1 aromatic rings. The number of Topliss-reactive ketones (excluding diaryl/α,β-unsaturated/α-hetero) is 1. The Balaban J connectivity index is 2.12. The molecular formula is C17H19NO4. The second-order valence-corrected chi connectivity index (χ2v) is 5.54. The van der Waals surface area contributed by atoms with Crippen LogP contribution in [0.2, 0.25) is 0 Å². The first-order chi connectivity index (χ1) is 10.6. The van der Waals surface area contributed by atoms with Crippen LogP contribution in [0.1, 0.15) is 44.6 Å². The summed E-state index contributed by atoms with van der Waals surface area (Å²) in [6, 6.07) is 1.80. The van der Waals surface area contributed by atoms with Crippen LogP contribution in [0.4, 0.5) is 0 Å². The van der Waals surface area contributed by atoms with Gasteiger partial charge >= 0.3 is 5.97 Å². The minimum atomic E-state index is -0.401. The van der Waals surface area contributed by atoms with Gasteiger partial charge in [0.15, 0.2) is 5.78 Å². The highest BCUT2D eigenvalue weighted by Gasteiger charge is 2.39. The highest BCUT2D eigenvalue weighted by atomic mass is 16.5. The van der Waals surface area contributed by atoms with Crippen LogP contribution in [0.25, 0.3) is 0 Å². The zero-order valence-electron chi connectivity index (χ0n) is 12.8. The quantitative estimate of drug-likeness (QED) is 0.869. The van der Waals surface area contributed by atoms with E-state index in [4.69, 9.17) is 9.15 Å². The standard InChI is InChI=1S/C17H19NO4/c1-3-22-17(20)14-10(2)18-12-5-4-6-13(19)16(12)15(14)11-7-8-21-9-11/h7-9,15,18H,3-6H2,1-2H3. The predicted molar refractivity (Wildman–Crippen MR) is 79.8 cm³/mol. The van der Waals surface area contributed by atoms with Crippen molar-refractivity contribution in [1.29, 1.82) is 0 Å². The van der Waals surface area contributed by atoms with Gasteiger partial charge in [-0.15, -0.1) is 0 Å². The van der Waals surface area contributed by atoms with Crippen LogP contribution in [-0.2, 0) is 14.3 Å². The normalized spacial score (nSPS) is 21.5. The number of hydrogen-bond acceptors (Lipinski definition) is 5. The minimum absolute atomic E-state index is 0.0919. The van der Waals surface area contributed by atoms with Crippen LogP contribution in [0.15, 0.2) is 45.6 Å². The molecule has 0 spiro atoms. The number of dihydropyridines is 1. The average Bonchev–Trinajstić information content (AvgIpc) is 3.00. The summed E-state index contributed by atoms with van der Waals surface area (Å²) < 4.78 is 10.4. The Kier molecular flexibility index (Phi) is 3.88. The van der Waals surface area contributed by atoms with E-state index in [0.29, 0.717) is 24.2 Å². The molecule has 0 saturated carbocycles. The predicted octanol–water partition coefficient (Wildman–Crippen LogP) is 2.81. The Hall–Kier alpha value is -2.30. The van der Waals surface area contributed by atoms with Crippen molar-refractivity contribution in [1.82, 2.24) is 5.32 Å². The summed E-state index contributed by atoms with van der Waals surface area (Å²) in [5, 5.41) is 3.24. The maximum atomic E-state index is 12.5. The molecule has 1 atom stereocenters. The van der Waals surface area contributed by atoms with E-state index in [1.807, 2.05) is 6.92 Å². The van der Waals surface area contributed by atoms with Crippen LogP contribution >= 0.6 is 0 Å². The summed E-state index contributed by atoms with van der Waals surface area (Å²) in [6.45, 7) is 3.92. The van der Waals surface area contributed by atoms with Crippen molar-refractivity contribution in [3.8, 4) is 0 Å². The van der Waals surface area contributed by atoms with E-state index >= 15 is 0 Å². The summed E-state index contributed by atoms with van der Waals surface area (Å²) in [5.41, 5.74) is 3.66. The highest BCUT2D eigenvalue weighted by molar-refractivity contribution is 6.03. The molecule has 116 valence electrons. The molecule has 1 aliphatic heterocycles. The van der Waals surface area contributed by atoms with Gasteiger partial charge in [0.05, 0.1) is 30.6 Å². The van der Waals surface area contributed by atoms with Crippen LogP contribution in [0, 0.1) is 0 Å². The number of ketones is 1. The molecule has 1 N–H and O–H groups in total. The van der Waals surface area contributed by atoms with E-state index in [0.717, 1.165) is 29.8 Å². The molecule has 2 heterocycles. The van der Waals surface area contributed by atoms with Gasteiger partial charge < -0.3 is 14.5 Å². The van der Waals surface area contributed by atoms with Gasteiger partial charge in [-0.3, -0.25) is 4.79 Å². The lowest BCUT2D eigenvalue weighted by atomic mass is 9.76. The number of furan rings is 1. The molecule has 0 radical (unpaired) electrons. The van der Waals surface area contributed by atoms with Crippen molar-refractivity contribution >= 4 is 11.8 Å². The van der Waals surface area contributed by atoms with E-state index < -0.39 is 5.92 Å². The van der Waals surface area contributed by atoms with Crippen molar-refractivity contribution in [2.75, 3.05) is 6.61 Å². The number of carbonyl (C=O) groups excluding carboxylic acids is 2. The Labute approximate surface area is 129 Å². The third kappa shape index (κ3) is 2.36. The first kappa shape index (κ1) is 14.6. The molecule has 0 bridgehead atoms. The molecule has 1 unspecified atom stereocenters. The summed E-state index contributed by atoms with van der Waals surface area (Å²) in [4.78, 5) is 24.9. The summed E-state index contributed by atoms with van der Waals surface area (Å²) >= 11 is 0. The third-order valence-corrected chi connectivity index (χ3v) is 4.15. The largest absolute Gasteiger partial charge is 0.472 e. The molecule has 22 heavy (non-hydrogen) atoms. The van der Waals surface area contributed by atoms with Crippen LogP contribution < -0.4 is 5.32 Å². The molecule has 1 aromatic heterocycles. The maximum absolute atomic E-state index is 12.5. The fraction of sp³-hybridized carbons (Fsp3) is 0.412. The molecule has 5 heteroatoms. The number of esters is 1. The van der Waals surface area contributed by atoms with Gasteiger partial charge in [-0.2, -0.15) is 0 Å². The number of allylic oxidation sites excluding steroid dienone is 3. The van der Waals surface area contributed by atoms with Gasteiger partial charge in [0, 0.05) is 29.0 Å². The maximum Gasteiger partial charge on any atom is 0.336 e. The Morgan fingerprint density at radius 1 is 1.45 bits per heavy atom. The number of hydrogen-bond donors (Lipinski definition) is 1. The van der Waals surface area contributed by atoms with Gasteiger partial charge in [-0.05, 0) is 32.8 Å². The topological polar surface area (TPSA) is 68.5 Å². The minimum Gasteiger partial charge on any atom is -0.472 e. The highest BCUT2D eigenvalue weighted by Crippen LogP contribution is 2.42. The number of ether oxygens (including phenoxy) is 1. The summed E-state index contributed by atoms with van der Waals surface area (Å²) in [6.07, 6.45) is 5.33. The van der Waals surface area contributed by atoms with Gasteiger partial charge in [0.1, 0.15) is 0 Å². The molecule has 0 aromatic carbocycles. The van der Waals surface area contributed by atoms with E-state index in [1.165, 1.54) is 0 Å². The van der Waals surface area contributed by atoms with Crippen molar-refractivity contribution in [3.63, 3.8) is 0 Å². The van der Waals surface area contributed by atoms with Gasteiger partial charge in [-0.25, -0.2) is 4.79 Å². The first-order valence-corrected chi connectivity index (χ1v) is 7.56. The monoisotopic (exact) mass is 301 g/mol. The molecule has 1 aliphatic carbocycles. The number of carbonyl (C=O) groups is 2. The summed E-state index contributed by atoms with van der Waals surface area (Å²) in [7, 11) is 0. The Morgan fingerprint density at radius 2 is 2.27 bits per heavy atom. The second-order valence-electron chi connectivity index (χ2n) is 5.54. The van der Waals surface area contributed by atoms with Crippen molar-refractivity contribution in [2.45, 2.75) is 39.0 Å². The zero-order valence-corrected chi connectivity index (χ0v) is 12.8. The Bertz CT molecular complexity index is 667. The fourth-order valence-corrected chi connectivity index (χ4v) is 3.24. The molecule has 2 aliphatic rings. The first-order valence-electron chi connectivity index (χ1n) is 7.56. The number of nitrogens with one attached hydrogen (secondary N) is 1. The van der Waals surface area contributed by atoms with Crippen LogP contribution in [0.3, 0.4) is 0 Å². The molecule has 5 nitrogen and oxygen atoms in total. The van der Waals surface area contributed by atoms with Gasteiger partial charge in [0.2, 0.25) is 0 Å². The van der Waals surface area contributed by atoms with E-state index in [1.54, 1.807) is 25.5 Å². The van der Waals surface area contributed by atoms with Crippen LogP contribution in [-0.4, -0.2) is 18.4 Å². The molecule has 0 saturated heterocycles. The lowest BCUT2D eigenvalue weighted by Gasteiger charge is -2.33. The molecular weight excluding hydrogens is 282 g/mol. The van der Waals surface area contributed by atoms with E-state index in [-0.39, 0.29) is 11.8 Å². The Morgan fingerprint density at radius 3 is 2.95 bits per heavy atom. The zero-order chi connectivity index (χ0) is 15.7. The average molecular weight is 301 g/mol. The molecule has 0 fully saturated rings. The van der Waals surface area contributed by atoms with Crippen molar-refractivity contribution < 1.29 is 18.7 Å². The SMILES string of the molecule is CCOC(=O)C1=C(C)NC2=C(C(=O)CCC2)C1c1ccoc1.